The van der Waals surface area contributed by atoms with Crippen molar-refractivity contribution in [2.75, 3.05) is 31.6 Å². The SMILES string of the molecule is O=C(Nc1cnn(CC(=O)N2CCOCC2)c1)c1cccc2c1CCC2. The molecule has 1 N–H and O–H groups in total. The summed E-state index contributed by atoms with van der Waals surface area (Å²) < 4.78 is 6.82. The molecule has 0 spiro atoms. The first-order chi connectivity index (χ1) is 12.7. The Labute approximate surface area is 151 Å². The lowest BCUT2D eigenvalue weighted by molar-refractivity contribution is -0.136. The van der Waals surface area contributed by atoms with Gasteiger partial charge in [0.2, 0.25) is 5.91 Å². The Hall–Kier alpha value is -2.67. The summed E-state index contributed by atoms with van der Waals surface area (Å²) in [4.78, 5) is 26.7. The summed E-state index contributed by atoms with van der Waals surface area (Å²) in [6.07, 6.45) is 6.36. The number of aromatic nitrogens is 2. The van der Waals surface area contributed by atoms with E-state index in [-0.39, 0.29) is 18.4 Å². The average Bonchev–Trinajstić information content (AvgIpc) is 3.31. The number of anilines is 1. The van der Waals surface area contributed by atoms with Crippen LogP contribution in [0.1, 0.15) is 27.9 Å². The minimum absolute atomic E-state index is 0.00940. The summed E-state index contributed by atoms with van der Waals surface area (Å²) in [6, 6.07) is 5.89. The van der Waals surface area contributed by atoms with E-state index in [2.05, 4.69) is 16.5 Å². The molecule has 0 atom stereocenters. The number of benzene rings is 1. The van der Waals surface area contributed by atoms with Crippen LogP contribution < -0.4 is 5.32 Å². The van der Waals surface area contributed by atoms with Gasteiger partial charge in [0.15, 0.2) is 0 Å². The van der Waals surface area contributed by atoms with Gasteiger partial charge in [0.25, 0.3) is 5.91 Å². The van der Waals surface area contributed by atoms with E-state index in [4.69, 9.17) is 4.74 Å². The molecule has 7 nitrogen and oxygen atoms in total. The van der Waals surface area contributed by atoms with E-state index >= 15 is 0 Å². The van der Waals surface area contributed by atoms with E-state index in [1.807, 2.05) is 12.1 Å². The first-order valence-electron chi connectivity index (χ1n) is 9.01. The second-order valence-corrected chi connectivity index (χ2v) is 6.67. The molecule has 2 amide bonds. The van der Waals surface area contributed by atoms with Crippen molar-refractivity contribution in [3.8, 4) is 0 Å². The summed E-state index contributed by atoms with van der Waals surface area (Å²) in [7, 11) is 0. The van der Waals surface area contributed by atoms with Crippen molar-refractivity contribution in [1.29, 1.82) is 0 Å². The molecular weight excluding hydrogens is 332 g/mol. The first-order valence-corrected chi connectivity index (χ1v) is 9.01. The predicted octanol–water partition coefficient (Wildman–Crippen LogP) is 1.48. The molecule has 0 radical (unpaired) electrons. The summed E-state index contributed by atoms with van der Waals surface area (Å²) >= 11 is 0. The second-order valence-electron chi connectivity index (χ2n) is 6.67. The highest BCUT2D eigenvalue weighted by Crippen LogP contribution is 2.25. The number of ether oxygens (including phenoxy) is 1. The molecule has 26 heavy (non-hydrogen) atoms. The number of fused-ring (bicyclic) bond motifs is 1. The minimum Gasteiger partial charge on any atom is -0.378 e. The third kappa shape index (κ3) is 3.48. The molecular formula is C19H22N4O3. The number of rotatable bonds is 4. The average molecular weight is 354 g/mol. The summed E-state index contributed by atoms with van der Waals surface area (Å²) in [6.45, 7) is 2.54. The number of carbonyl (C=O) groups is 2. The van der Waals surface area contributed by atoms with Crippen LogP contribution in [-0.2, 0) is 28.9 Å². The Bertz CT molecular complexity index is 824. The largest absolute Gasteiger partial charge is 0.378 e. The molecule has 0 unspecified atom stereocenters. The number of hydrogen-bond donors (Lipinski definition) is 1. The smallest absolute Gasteiger partial charge is 0.256 e. The van der Waals surface area contributed by atoms with Gasteiger partial charge in [0.1, 0.15) is 6.54 Å². The van der Waals surface area contributed by atoms with Crippen molar-refractivity contribution in [2.24, 2.45) is 0 Å². The molecule has 2 aliphatic rings. The Morgan fingerprint density at radius 2 is 2.04 bits per heavy atom. The number of hydrogen-bond acceptors (Lipinski definition) is 4. The lowest BCUT2D eigenvalue weighted by Crippen LogP contribution is -2.42. The third-order valence-electron chi connectivity index (χ3n) is 4.94. The van der Waals surface area contributed by atoms with E-state index in [9.17, 15) is 9.59 Å². The van der Waals surface area contributed by atoms with E-state index in [1.54, 1.807) is 22.0 Å². The number of nitrogens with one attached hydrogen (secondary N) is 1. The van der Waals surface area contributed by atoms with Gasteiger partial charge in [0, 0.05) is 24.8 Å². The zero-order valence-corrected chi connectivity index (χ0v) is 14.6. The molecule has 1 aromatic heterocycles. The molecule has 2 heterocycles. The van der Waals surface area contributed by atoms with E-state index in [0.717, 1.165) is 30.4 Å². The highest BCUT2D eigenvalue weighted by atomic mass is 16.5. The lowest BCUT2D eigenvalue weighted by atomic mass is 10.0. The number of amides is 2. The van der Waals surface area contributed by atoms with E-state index in [1.165, 1.54) is 5.56 Å². The summed E-state index contributed by atoms with van der Waals surface area (Å²) in [5.41, 5.74) is 3.75. The highest BCUT2D eigenvalue weighted by Gasteiger charge is 2.20. The van der Waals surface area contributed by atoms with Gasteiger partial charge in [-0.2, -0.15) is 5.10 Å². The molecule has 1 aliphatic carbocycles. The van der Waals surface area contributed by atoms with Crippen LogP contribution in [0.3, 0.4) is 0 Å². The Kier molecular flexibility index (Phi) is 4.71. The highest BCUT2D eigenvalue weighted by molar-refractivity contribution is 6.05. The molecule has 1 fully saturated rings. The Morgan fingerprint density at radius 1 is 1.19 bits per heavy atom. The molecule has 2 aromatic rings. The standard InChI is InChI=1S/C19H22N4O3/c24-18(22-7-9-26-10-8-22)13-23-12-15(11-20-23)21-19(25)17-6-2-4-14-3-1-5-16(14)17/h2,4,6,11-12H,1,3,5,7-10,13H2,(H,21,25). The molecule has 1 aromatic carbocycles. The molecule has 4 rings (SSSR count). The van der Waals surface area contributed by atoms with Crippen LogP contribution in [-0.4, -0.2) is 52.8 Å². The normalized spacial score (nSPS) is 16.4. The Morgan fingerprint density at radius 3 is 2.88 bits per heavy atom. The summed E-state index contributed by atoms with van der Waals surface area (Å²) in [5.74, 6) is -0.113. The van der Waals surface area contributed by atoms with Crippen LogP contribution in [0.2, 0.25) is 0 Å². The van der Waals surface area contributed by atoms with Crippen LogP contribution in [0, 0.1) is 0 Å². The fourth-order valence-electron chi connectivity index (χ4n) is 3.60. The minimum atomic E-state index is -0.122. The zero-order valence-electron chi connectivity index (χ0n) is 14.6. The van der Waals surface area contributed by atoms with Crippen molar-refractivity contribution in [2.45, 2.75) is 25.8 Å². The van der Waals surface area contributed by atoms with Gasteiger partial charge in [-0.05, 0) is 36.5 Å². The van der Waals surface area contributed by atoms with Crippen molar-refractivity contribution < 1.29 is 14.3 Å². The maximum Gasteiger partial charge on any atom is 0.256 e. The first kappa shape index (κ1) is 16.8. The van der Waals surface area contributed by atoms with Gasteiger partial charge in [-0.3, -0.25) is 14.3 Å². The quantitative estimate of drug-likeness (QED) is 0.902. The number of aryl methyl sites for hydroxylation is 1. The van der Waals surface area contributed by atoms with Gasteiger partial charge in [-0.25, -0.2) is 0 Å². The van der Waals surface area contributed by atoms with Gasteiger partial charge in [-0.15, -0.1) is 0 Å². The zero-order chi connectivity index (χ0) is 17.9. The van der Waals surface area contributed by atoms with Crippen LogP contribution in [0.5, 0.6) is 0 Å². The predicted molar refractivity (Wildman–Crippen MR) is 96.0 cm³/mol. The summed E-state index contributed by atoms with van der Waals surface area (Å²) in [5, 5.41) is 7.09. The molecule has 1 aliphatic heterocycles. The van der Waals surface area contributed by atoms with E-state index < -0.39 is 0 Å². The van der Waals surface area contributed by atoms with Crippen molar-refractivity contribution in [1.82, 2.24) is 14.7 Å². The third-order valence-corrected chi connectivity index (χ3v) is 4.94. The fraction of sp³-hybridized carbons (Fsp3) is 0.421. The van der Waals surface area contributed by atoms with Gasteiger partial charge in [0.05, 0.1) is 25.1 Å². The topological polar surface area (TPSA) is 76.5 Å². The van der Waals surface area contributed by atoms with Gasteiger partial charge in [-0.1, -0.05) is 12.1 Å². The molecule has 0 saturated carbocycles. The van der Waals surface area contributed by atoms with Crippen LogP contribution >= 0.6 is 0 Å². The molecule has 7 heteroatoms. The Balaban J connectivity index is 1.40. The number of carbonyl (C=O) groups excluding carboxylic acids is 2. The van der Waals surface area contributed by atoms with Gasteiger partial charge < -0.3 is 15.0 Å². The molecule has 1 saturated heterocycles. The fourth-order valence-corrected chi connectivity index (χ4v) is 3.60. The van der Waals surface area contributed by atoms with Crippen molar-refractivity contribution >= 4 is 17.5 Å². The molecule has 0 bridgehead atoms. The lowest BCUT2D eigenvalue weighted by Gasteiger charge is -2.26. The van der Waals surface area contributed by atoms with Crippen LogP contribution in [0.4, 0.5) is 5.69 Å². The monoisotopic (exact) mass is 354 g/mol. The maximum atomic E-state index is 12.6. The maximum absolute atomic E-state index is 12.6. The number of nitrogens with zero attached hydrogens (tertiary/aromatic N) is 3. The second kappa shape index (κ2) is 7.29. The van der Waals surface area contributed by atoms with Crippen molar-refractivity contribution in [3.05, 3.63) is 47.3 Å². The number of morpholine rings is 1. The van der Waals surface area contributed by atoms with Gasteiger partial charge >= 0.3 is 0 Å². The van der Waals surface area contributed by atoms with Crippen LogP contribution in [0.15, 0.2) is 30.6 Å². The molecule has 136 valence electrons. The van der Waals surface area contributed by atoms with E-state index in [0.29, 0.717) is 32.0 Å². The van der Waals surface area contributed by atoms with Crippen LogP contribution in [0.25, 0.3) is 0 Å². The van der Waals surface area contributed by atoms with Crippen molar-refractivity contribution in [3.63, 3.8) is 0 Å².